The van der Waals surface area contributed by atoms with Gasteiger partial charge in [-0.05, 0) is 123 Å². The monoisotopic (exact) mass is 434 g/mol. The van der Waals surface area contributed by atoms with Gasteiger partial charge in [0.05, 0.1) is 0 Å². The van der Waals surface area contributed by atoms with Crippen LogP contribution in [0.5, 0.6) is 0 Å². The first-order chi connectivity index (χ1) is 15.7. The molecule has 0 atom stereocenters. The van der Waals surface area contributed by atoms with Gasteiger partial charge < -0.3 is 0 Å². The molecule has 0 heteroatoms. The average molecular weight is 435 g/mol. The summed E-state index contributed by atoms with van der Waals surface area (Å²) in [6.45, 7) is 4.72. The molecular formula is C32H50. The molecule has 0 unspecified atom stereocenters. The van der Waals surface area contributed by atoms with Crippen LogP contribution < -0.4 is 0 Å². The molecule has 0 amide bonds. The number of hydrogen-bond donors (Lipinski definition) is 0. The summed E-state index contributed by atoms with van der Waals surface area (Å²) in [5.74, 6) is 3.96. The first-order valence-corrected chi connectivity index (χ1v) is 14.8. The lowest BCUT2D eigenvalue weighted by molar-refractivity contribution is -0.0294. The van der Waals surface area contributed by atoms with Crippen molar-refractivity contribution in [3.8, 4) is 0 Å². The molecule has 0 N–H and O–H groups in total. The van der Waals surface area contributed by atoms with Gasteiger partial charge in [-0.1, -0.05) is 76.6 Å². The van der Waals surface area contributed by atoms with E-state index in [-0.39, 0.29) is 0 Å². The van der Waals surface area contributed by atoms with Crippen molar-refractivity contribution in [2.24, 2.45) is 23.2 Å². The highest BCUT2D eigenvalue weighted by molar-refractivity contribution is 5.33. The Kier molecular flexibility index (Phi) is 7.06. The maximum atomic E-state index is 2.57. The Morgan fingerprint density at radius 3 is 1.62 bits per heavy atom. The molecule has 5 aliphatic rings. The third-order valence-corrected chi connectivity index (χ3v) is 11.3. The van der Waals surface area contributed by atoms with Crippen LogP contribution in [0.2, 0.25) is 0 Å². The molecule has 32 heavy (non-hydrogen) atoms. The average Bonchev–Trinajstić information content (AvgIpc) is 2.87. The van der Waals surface area contributed by atoms with E-state index in [9.17, 15) is 0 Å². The molecule has 0 saturated heterocycles. The second kappa shape index (κ2) is 9.84. The number of fused-ring (bicyclic) bond motifs is 3. The molecule has 6 rings (SSSR count). The Labute approximate surface area is 199 Å². The molecule has 0 aliphatic heterocycles. The van der Waals surface area contributed by atoms with E-state index < -0.39 is 0 Å². The van der Waals surface area contributed by atoms with Gasteiger partial charge in [-0.25, -0.2) is 0 Å². The standard InChI is InChI=1S/C32H50/c1-3-5-25-7-11-27(12-8-25)28-13-17-30(18-14-28)32-22-19-31(20-23-32,21-24-32)29-15-9-26(6-4-2)10-16-29/h13-14,17-18,25-27,29H,3-12,15-16,19-24H2,1-2H3/t25-,26-,27-,29-,31?,32?. The van der Waals surface area contributed by atoms with Gasteiger partial charge in [0.25, 0.3) is 0 Å². The van der Waals surface area contributed by atoms with E-state index in [1.807, 2.05) is 0 Å². The smallest absolute Gasteiger partial charge is 0.00463 e. The number of benzene rings is 1. The Balaban J connectivity index is 1.18. The van der Waals surface area contributed by atoms with Gasteiger partial charge in [0.15, 0.2) is 0 Å². The van der Waals surface area contributed by atoms with Crippen molar-refractivity contribution >= 4 is 0 Å². The molecule has 1 aromatic rings. The van der Waals surface area contributed by atoms with E-state index in [1.165, 1.54) is 103 Å². The van der Waals surface area contributed by atoms with Crippen LogP contribution in [0.25, 0.3) is 0 Å². The Bertz CT molecular complexity index is 686. The molecule has 0 heterocycles. The van der Waals surface area contributed by atoms with E-state index in [2.05, 4.69) is 38.1 Å². The fourth-order valence-corrected chi connectivity index (χ4v) is 9.03. The van der Waals surface area contributed by atoms with E-state index in [1.54, 1.807) is 24.0 Å². The minimum atomic E-state index is 0.526. The Morgan fingerprint density at radius 2 is 1.12 bits per heavy atom. The minimum Gasteiger partial charge on any atom is -0.0654 e. The summed E-state index contributed by atoms with van der Waals surface area (Å²) in [4.78, 5) is 0. The van der Waals surface area contributed by atoms with Crippen molar-refractivity contribution in [3.63, 3.8) is 0 Å². The van der Waals surface area contributed by atoms with E-state index in [0.29, 0.717) is 5.41 Å². The highest BCUT2D eigenvalue weighted by atomic mass is 14.6. The number of hydrogen-bond acceptors (Lipinski definition) is 0. The molecule has 2 bridgehead atoms. The molecular weight excluding hydrogens is 384 g/mol. The largest absolute Gasteiger partial charge is 0.0654 e. The van der Waals surface area contributed by atoms with Gasteiger partial charge in [-0.15, -0.1) is 0 Å². The van der Waals surface area contributed by atoms with E-state index >= 15 is 0 Å². The normalized spacial score (nSPS) is 39.8. The van der Waals surface area contributed by atoms with Crippen LogP contribution >= 0.6 is 0 Å². The van der Waals surface area contributed by atoms with Crippen molar-refractivity contribution in [2.45, 2.75) is 141 Å². The molecule has 0 aromatic heterocycles. The molecule has 1 aromatic carbocycles. The van der Waals surface area contributed by atoms with Gasteiger partial charge in [0.1, 0.15) is 0 Å². The Hall–Kier alpha value is -0.780. The fourth-order valence-electron chi connectivity index (χ4n) is 9.03. The topological polar surface area (TPSA) is 0 Å². The van der Waals surface area contributed by atoms with Crippen LogP contribution in [0.4, 0.5) is 0 Å². The van der Waals surface area contributed by atoms with Crippen LogP contribution in [0.1, 0.15) is 146 Å². The molecule has 0 radical (unpaired) electrons. The summed E-state index contributed by atoms with van der Waals surface area (Å²) in [6.07, 6.45) is 26.7. The van der Waals surface area contributed by atoms with Crippen molar-refractivity contribution in [3.05, 3.63) is 35.4 Å². The lowest BCUT2D eigenvalue weighted by Crippen LogP contribution is -2.48. The molecule has 5 aliphatic carbocycles. The lowest BCUT2D eigenvalue weighted by atomic mass is 9.47. The summed E-state index contributed by atoms with van der Waals surface area (Å²) < 4.78 is 0. The molecule has 5 saturated carbocycles. The fraction of sp³-hybridized carbons (Fsp3) is 0.812. The van der Waals surface area contributed by atoms with Crippen molar-refractivity contribution in [1.29, 1.82) is 0 Å². The summed E-state index contributed by atoms with van der Waals surface area (Å²) in [6, 6.07) is 10.2. The zero-order chi connectivity index (χ0) is 22.0. The highest BCUT2D eigenvalue weighted by Gasteiger charge is 2.52. The predicted octanol–water partition coefficient (Wildman–Crippen LogP) is 9.96. The van der Waals surface area contributed by atoms with Crippen LogP contribution in [0.3, 0.4) is 0 Å². The summed E-state index contributed by atoms with van der Waals surface area (Å²) in [5, 5.41) is 0. The molecule has 0 nitrogen and oxygen atoms in total. The van der Waals surface area contributed by atoms with Crippen LogP contribution in [-0.2, 0) is 5.41 Å². The second-order valence-electron chi connectivity index (χ2n) is 12.8. The summed E-state index contributed by atoms with van der Waals surface area (Å²) in [5.41, 5.74) is 4.60. The summed E-state index contributed by atoms with van der Waals surface area (Å²) in [7, 11) is 0. The maximum Gasteiger partial charge on any atom is -0.00463 e. The predicted molar refractivity (Wildman–Crippen MR) is 138 cm³/mol. The lowest BCUT2D eigenvalue weighted by Gasteiger charge is -2.58. The second-order valence-corrected chi connectivity index (χ2v) is 12.8. The SMILES string of the molecule is CCC[C@H]1CC[C@H](c2ccc(C34CCC([C@H]5CC[C@H](CCC)CC5)(CC3)CC4)cc2)CC1. The van der Waals surface area contributed by atoms with Crippen molar-refractivity contribution in [1.82, 2.24) is 0 Å². The minimum absolute atomic E-state index is 0.526. The molecule has 178 valence electrons. The highest BCUT2D eigenvalue weighted by Crippen LogP contribution is 2.62. The summed E-state index contributed by atoms with van der Waals surface area (Å²) >= 11 is 0. The third-order valence-electron chi connectivity index (χ3n) is 11.3. The number of rotatable bonds is 7. The first kappa shape index (κ1) is 23.0. The van der Waals surface area contributed by atoms with Crippen LogP contribution in [-0.4, -0.2) is 0 Å². The zero-order valence-corrected chi connectivity index (χ0v) is 21.3. The van der Waals surface area contributed by atoms with Crippen LogP contribution in [0, 0.1) is 23.2 Å². The van der Waals surface area contributed by atoms with Gasteiger partial charge in [0.2, 0.25) is 0 Å². The Morgan fingerprint density at radius 1 is 0.625 bits per heavy atom. The molecule has 5 fully saturated rings. The van der Waals surface area contributed by atoms with Gasteiger partial charge in [-0.3, -0.25) is 0 Å². The quantitative estimate of drug-likeness (QED) is 0.400. The van der Waals surface area contributed by atoms with Gasteiger partial charge >= 0.3 is 0 Å². The van der Waals surface area contributed by atoms with Gasteiger partial charge in [-0.2, -0.15) is 0 Å². The van der Waals surface area contributed by atoms with Crippen molar-refractivity contribution in [2.75, 3.05) is 0 Å². The maximum absolute atomic E-state index is 2.57. The van der Waals surface area contributed by atoms with Crippen LogP contribution in [0.15, 0.2) is 24.3 Å². The van der Waals surface area contributed by atoms with E-state index in [4.69, 9.17) is 0 Å². The third kappa shape index (κ3) is 4.46. The first-order valence-electron chi connectivity index (χ1n) is 14.8. The van der Waals surface area contributed by atoms with Gasteiger partial charge in [0, 0.05) is 0 Å². The van der Waals surface area contributed by atoms with Crippen molar-refractivity contribution < 1.29 is 0 Å². The zero-order valence-electron chi connectivity index (χ0n) is 21.3. The molecule has 0 spiro atoms. The van der Waals surface area contributed by atoms with E-state index in [0.717, 1.165) is 29.1 Å².